The fourth-order valence-electron chi connectivity index (χ4n) is 3.84. The maximum absolute atomic E-state index is 14.4. The quantitative estimate of drug-likeness (QED) is 0.661. The first-order chi connectivity index (χ1) is 14.4. The Hall–Kier alpha value is -2.42. The molecule has 9 heteroatoms. The van der Waals surface area contributed by atoms with Gasteiger partial charge in [0.25, 0.3) is 5.91 Å². The molecule has 0 spiro atoms. The van der Waals surface area contributed by atoms with Crippen LogP contribution in [0.3, 0.4) is 0 Å². The van der Waals surface area contributed by atoms with Gasteiger partial charge < -0.3 is 4.74 Å². The standard InChI is InChI=1S/C22H27F4N3O2/c1-21(2,3)17-12-18(29(28(17)4)13-14-8-10-31-11-9-14)27-20(30)15-6-5-7-16(19(15)23)22(24,25)26/h5-7,12,14H,8-11,13H2,1-4H3/b27-18-. The van der Waals surface area contributed by atoms with E-state index >= 15 is 0 Å². The third kappa shape index (κ3) is 5.08. The van der Waals surface area contributed by atoms with Gasteiger partial charge in [-0.2, -0.15) is 18.2 Å². The smallest absolute Gasteiger partial charge is 0.381 e. The number of rotatable bonds is 3. The average molecular weight is 441 g/mol. The molecule has 0 N–H and O–H groups in total. The summed E-state index contributed by atoms with van der Waals surface area (Å²) in [6.07, 6.45) is -3.17. The molecule has 2 aromatic rings. The van der Waals surface area contributed by atoms with Crippen molar-refractivity contribution in [3.05, 3.63) is 52.4 Å². The highest BCUT2D eigenvalue weighted by Crippen LogP contribution is 2.32. The number of benzene rings is 1. The van der Waals surface area contributed by atoms with Gasteiger partial charge in [0.1, 0.15) is 5.82 Å². The van der Waals surface area contributed by atoms with E-state index in [1.165, 1.54) is 0 Å². The topological polar surface area (TPSA) is 48.5 Å². The van der Waals surface area contributed by atoms with Gasteiger partial charge in [-0.05, 0) is 30.9 Å². The van der Waals surface area contributed by atoms with Gasteiger partial charge >= 0.3 is 6.18 Å². The molecule has 31 heavy (non-hydrogen) atoms. The molecule has 0 aliphatic carbocycles. The lowest BCUT2D eigenvalue weighted by Crippen LogP contribution is -2.31. The first-order valence-corrected chi connectivity index (χ1v) is 10.2. The van der Waals surface area contributed by atoms with Crippen molar-refractivity contribution in [3.8, 4) is 0 Å². The normalized spacial score (nSPS) is 16.7. The van der Waals surface area contributed by atoms with Crippen LogP contribution in [0.2, 0.25) is 0 Å². The first-order valence-electron chi connectivity index (χ1n) is 10.2. The fraction of sp³-hybridized carbons (Fsp3) is 0.545. The highest BCUT2D eigenvalue weighted by molar-refractivity contribution is 5.95. The summed E-state index contributed by atoms with van der Waals surface area (Å²) in [5, 5.41) is 0. The summed E-state index contributed by atoms with van der Waals surface area (Å²) in [6.45, 7) is 7.93. The second-order valence-electron chi connectivity index (χ2n) is 8.88. The minimum Gasteiger partial charge on any atom is -0.381 e. The zero-order chi connectivity index (χ0) is 23.0. The van der Waals surface area contributed by atoms with E-state index in [-0.39, 0.29) is 5.41 Å². The zero-order valence-electron chi connectivity index (χ0n) is 18.1. The second kappa shape index (κ2) is 8.61. The Labute approximate surface area is 178 Å². The van der Waals surface area contributed by atoms with E-state index in [0.29, 0.717) is 37.2 Å². The Bertz CT molecular complexity index is 1020. The molecule has 5 nitrogen and oxygen atoms in total. The number of amides is 1. The summed E-state index contributed by atoms with van der Waals surface area (Å²) in [5.41, 5.74) is -1.25. The Kier molecular flexibility index (Phi) is 6.45. The Morgan fingerprint density at radius 3 is 2.42 bits per heavy atom. The van der Waals surface area contributed by atoms with E-state index in [0.717, 1.165) is 30.7 Å². The Morgan fingerprint density at radius 2 is 1.84 bits per heavy atom. The maximum atomic E-state index is 14.4. The van der Waals surface area contributed by atoms with E-state index in [1.807, 2.05) is 37.2 Å². The molecule has 170 valence electrons. The van der Waals surface area contributed by atoms with Gasteiger partial charge in [0.05, 0.1) is 11.1 Å². The van der Waals surface area contributed by atoms with Crippen molar-refractivity contribution < 1.29 is 27.1 Å². The molecule has 1 aliphatic rings. The number of halogens is 4. The van der Waals surface area contributed by atoms with Crippen LogP contribution in [0.15, 0.2) is 29.3 Å². The molecule has 1 aromatic heterocycles. The SMILES string of the molecule is Cn1c(C(C)(C)C)c/c(=N/C(=O)c2cccc(C(F)(F)F)c2F)n1CC1CCOCC1. The van der Waals surface area contributed by atoms with Gasteiger partial charge in [0, 0.05) is 44.0 Å². The van der Waals surface area contributed by atoms with Crippen LogP contribution in [0.4, 0.5) is 17.6 Å². The molecule has 0 saturated carbocycles. The van der Waals surface area contributed by atoms with Gasteiger partial charge in [-0.25, -0.2) is 4.39 Å². The summed E-state index contributed by atoms with van der Waals surface area (Å²) in [4.78, 5) is 16.8. The molecule has 0 unspecified atom stereocenters. The van der Waals surface area contributed by atoms with Crippen molar-refractivity contribution in [2.45, 2.75) is 51.7 Å². The van der Waals surface area contributed by atoms with Gasteiger partial charge in [-0.3, -0.25) is 14.2 Å². The van der Waals surface area contributed by atoms with E-state index in [1.54, 1.807) is 6.07 Å². The summed E-state index contributed by atoms with van der Waals surface area (Å²) in [5.74, 6) is -2.34. The summed E-state index contributed by atoms with van der Waals surface area (Å²) in [7, 11) is 1.86. The molecular formula is C22H27F4N3O2. The number of carbonyl (C=O) groups is 1. The third-order valence-corrected chi connectivity index (χ3v) is 5.53. The lowest BCUT2D eigenvalue weighted by molar-refractivity contribution is -0.140. The van der Waals surface area contributed by atoms with Gasteiger partial charge in [-0.1, -0.05) is 26.8 Å². The predicted molar refractivity (Wildman–Crippen MR) is 107 cm³/mol. The molecule has 0 bridgehead atoms. The van der Waals surface area contributed by atoms with Crippen molar-refractivity contribution in [2.24, 2.45) is 18.0 Å². The maximum Gasteiger partial charge on any atom is 0.419 e. The number of nitrogens with zero attached hydrogens (tertiary/aromatic N) is 3. The minimum absolute atomic E-state index is 0.259. The summed E-state index contributed by atoms with van der Waals surface area (Å²) in [6, 6.07) is 4.38. The van der Waals surface area contributed by atoms with Crippen molar-refractivity contribution in [2.75, 3.05) is 13.2 Å². The van der Waals surface area contributed by atoms with Crippen LogP contribution in [-0.2, 0) is 29.9 Å². The fourth-order valence-corrected chi connectivity index (χ4v) is 3.84. The molecule has 1 aromatic carbocycles. The van der Waals surface area contributed by atoms with Gasteiger partial charge in [-0.15, -0.1) is 0 Å². The van der Waals surface area contributed by atoms with E-state index in [2.05, 4.69) is 4.99 Å². The molecule has 1 amide bonds. The van der Waals surface area contributed by atoms with Crippen molar-refractivity contribution in [1.29, 1.82) is 0 Å². The number of ether oxygens (including phenoxy) is 1. The second-order valence-corrected chi connectivity index (χ2v) is 8.88. The highest BCUT2D eigenvalue weighted by Gasteiger charge is 2.35. The molecule has 1 saturated heterocycles. The van der Waals surface area contributed by atoms with Crippen LogP contribution in [0.1, 0.15) is 55.2 Å². The van der Waals surface area contributed by atoms with Crippen LogP contribution in [0.5, 0.6) is 0 Å². The number of hydrogen-bond acceptors (Lipinski definition) is 2. The van der Waals surface area contributed by atoms with Crippen molar-refractivity contribution >= 4 is 5.91 Å². The van der Waals surface area contributed by atoms with Gasteiger partial charge in [0.15, 0.2) is 5.49 Å². The number of carbonyl (C=O) groups excluding carboxylic acids is 1. The van der Waals surface area contributed by atoms with E-state index in [4.69, 9.17) is 4.74 Å². The molecule has 3 rings (SSSR count). The molecule has 1 aliphatic heterocycles. The Morgan fingerprint density at radius 1 is 1.19 bits per heavy atom. The largest absolute Gasteiger partial charge is 0.419 e. The number of alkyl halides is 3. The van der Waals surface area contributed by atoms with Crippen LogP contribution in [0, 0.1) is 11.7 Å². The molecule has 1 fully saturated rings. The first kappa shape index (κ1) is 23.2. The highest BCUT2D eigenvalue weighted by atomic mass is 19.4. The van der Waals surface area contributed by atoms with Crippen molar-refractivity contribution in [1.82, 2.24) is 9.36 Å². The van der Waals surface area contributed by atoms with E-state index in [9.17, 15) is 22.4 Å². The van der Waals surface area contributed by atoms with Crippen LogP contribution >= 0.6 is 0 Å². The summed E-state index contributed by atoms with van der Waals surface area (Å²) >= 11 is 0. The predicted octanol–water partition coefficient (Wildman–Crippen LogP) is 4.45. The monoisotopic (exact) mass is 441 g/mol. The van der Waals surface area contributed by atoms with Crippen LogP contribution < -0.4 is 5.49 Å². The molecule has 0 radical (unpaired) electrons. The number of hydrogen-bond donors (Lipinski definition) is 0. The Balaban J connectivity index is 2.07. The molecule has 2 heterocycles. The third-order valence-electron chi connectivity index (χ3n) is 5.53. The number of aromatic nitrogens is 2. The van der Waals surface area contributed by atoms with Crippen molar-refractivity contribution in [3.63, 3.8) is 0 Å². The summed E-state index contributed by atoms with van der Waals surface area (Å²) < 4.78 is 62.7. The van der Waals surface area contributed by atoms with Crippen LogP contribution in [-0.4, -0.2) is 28.5 Å². The van der Waals surface area contributed by atoms with Gasteiger partial charge in [0.2, 0.25) is 0 Å². The van der Waals surface area contributed by atoms with E-state index < -0.39 is 29.0 Å². The minimum atomic E-state index is -4.89. The average Bonchev–Trinajstić information content (AvgIpc) is 2.98. The molecular weight excluding hydrogens is 414 g/mol. The zero-order valence-corrected chi connectivity index (χ0v) is 18.1. The lowest BCUT2D eigenvalue weighted by atomic mass is 9.92. The molecule has 0 atom stereocenters. The van der Waals surface area contributed by atoms with Crippen LogP contribution in [0.25, 0.3) is 0 Å². The lowest BCUT2D eigenvalue weighted by Gasteiger charge is -2.25.